The summed E-state index contributed by atoms with van der Waals surface area (Å²) in [6, 6.07) is 8.47. The summed E-state index contributed by atoms with van der Waals surface area (Å²) < 4.78 is 10.8. The molecular weight excluding hydrogens is 340 g/mol. The summed E-state index contributed by atoms with van der Waals surface area (Å²) in [7, 11) is 0. The van der Waals surface area contributed by atoms with Crippen LogP contribution in [0.1, 0.15) is 28.5 Å². The summed E-state index contributed by atoms with van der Waals surface area (Å²) in [6.07, 6.45) is 0.0208. The minimum atomic E-state index is -0.676. The van der Waals surface area contributed by atoms with Crippen LogP contribution in [0.15, 0.2) is 35.7 Å². The van der Waals surface area contributed by atoms with Gasteiger partial charge in [0.1, 0.15) is 19.0 Å². The SMILES string of the molecule is Cc1ccc(C)c(OCCOC(=O)CC(NC(N)=O)c2cccs2)c1. The van der Waals surface area contributed by atoms with Crippen molar-refractivity contribution in [3.8, 4) is 5.75 Å². The van der Waals surface area contributed by atoms with Gasteiger partial charge in [-0.3, -0.25) is 4.79 Å². The van der Waals surface area contributed by atoms with Crippen LogP contribution in [0.3, 0.4) is 0 Å². The van der Waals surface area contributed by atoms with Crippen LogP contribution in [0, 0.1) is 13.8 Å². The third-order valence-electron chi connectivity index (χ3n) is 3.52. The first kappa shape index (κ1) is 18.8. The monoisotopic (exact) mass is 362 g/mol. The van der Waals surface area contributed by atoms with E-state index >= 15 is 0 Å². The number of carbonyl (C=O) groups is 2. The molecule has 1 unspecified atom stereocenters. The van der Waals surface area contributed by atoms with Crippen LogP contribution in [0.4, 0.5) is 4.79 Å². The molecule has 2 rings (SSSR count). The largest absolute Gasteiger partial charge is 0.490 e. The molecule has 0 aliphatic carbocycles. The molecule has 134 valence electrons. The molecule has 7 heteroatoms. The van der Waals surface area contributed by atoms with Gasteiger partial charge in [0.2, 0.25) is 0 Å². The molecule has 0 saturated heterocycles. The molecule has 1 atom stereocenters. The Bertz CT molecular complexity index is 716. The number of hydrogen-bond donors (Lipinski definition) is 2. The molecule has 25 heavy (non-hydrogen) atoms. The minimum Gasteiger partial charge on any atom is -0.490 e. The molecule has 3 N–H and O–H groups in total. The molecule has 1 aromatic carbocycles. The Kier molecular flexibility index (Phi) is 6.82. The van der Waals surface area contributed by atoms with Crippen LogP contribution in [0.5, 0.6) is 5.75 Å². The summed E-state index contributed by atoms with van der Waals surface area (Å²) in [5.74, 6) is 0.361. The van der Waals surface area contributed by atoms with E-state index in [0.29, 0.717) is 0 Å². The van der Waals surface area contributed by atoms with Gasteiger partial charge in [-0.05, 0) is 42.5 Å². The zero-order valence-electron chi connectivity index (χ0n) is 14.3. The second-order valence-corrected chi connectivity index (χ2v) is 6.60. The van der Waals surface area contributed by atoms with Crippen LogP contribution >= 0.6 is 11.3 Å². The van der Waals surface area contributed by atoms with E-state index in [0.717, 1.165) is 21.8 Å². The number of nitrogens with one attached hydrogen (secondary N) is 1. The van der Waals surface area contributed by atoms with Gasteiger partial charge in [0, 0.05) is 4.88 Å². The number of rotatable bonds is 8. The first-order valence-corrected chi connectivity index (χ1v) is 8.78. The number of urea groups is 1. The normalized spacial score (nSPS) is 11.6. The zero-order chi connectivity index (χ0) is 18.2. The van der Waals surface area contributed by atoms with Crippen molar-refractivity contribution < 1.29 is 19.1 Å². The van der Waals surface area contributed by atoms with Gasteiger partial charge in [-0.15, -0.1) is 11.3 Å². The first-order valence-electron chi connectivity index (χ1n) is 7.90. The number of primary amides is 1. The van der Waals surface area contributed by atoms with E-state index in [1.165, 1.54) is 11.3 Å². The molecule has 0 radical (unpaired) electrons. The second-order valence-electron chi connectivity index (χ2n) is 5.62. The summed E-state index contributed by atoms with van der Waals surface area (Å²) in [6.45, 7) is 4.35. The summed E-state index contributed by atoms with van der Waals surface area (Å²) in [5, 5.41) is 4.43. The van der Waals surface area contributed by atoms with Gasteiger partial charge in [0.15, 0.2) is 0 Å². The number of amides is 2. The molecule has 2 amide bonds. The third-order valence-corrected chi connectivity index (χ3v) is 4.51. The molecule has 0 aliphatic heterocycles. The van der Waals surface area contributed by atoms with Crippen LogP contribution in [-0.4, -0.2) is 25.2 Å². The molecule has 1 heterocycles. The first-order chi connectivity index (χ1) is 12.0. The van der Waals surface area contributed by atoms with Crippen molar-refractivity contribution in [1.82, 2.24) is 5.32 Å². The highest BCUT2D eigenvalue weighted by Gasteiger charge is 2.19. The Labute approximate surface area is 150 Å². The zero-order valence-corrected chi connectivity index (χ0v) is 15.1. The highest BCUT2D eigenvalue weighted by molar-refractivity contribution is 7.10. The van der Waals surface area contributed by atoms with Crippen molar-refractivity contribution in [2.24, 2.45) is 5.73 Å². The summed E-state index contributed by atoms with van der Waals surface area (Å²) in [4.78, 5) is 24.0. The number of esters is 1. The molecule has 1 aromatic heterocycles. The minimum absolute atomic E-state index is 0.0208. The molecular formula is C18H22N2O4S. The van der Waals surface area contributed by atoms with Gasteiger partial charge < -0.3 is 20.5 Å². The molecule has 6 nitrogen and oxygen atoms in total. The smallest absolute Gasteiger partial charge is 0.312 e. The van der Waals surface area contributed by atoms with Gasteiger partial charge in [-0.25, -0.2) is 4.79 Å². The number of hydrogen-bond acceptors (Lipinski definition) is 5. The quantitative estimate of drug-likeness (QED) is 0.558. The summed E-state index contributed by atoms with van der Waals surface area (Å²) in [5.41, 5.74) is 7.30. The highest BCUT2D eigenvalue weighted by Crippen LogP contribution is 2.22. The van der Waals surface area contributed by atoms with Crippen LogP contribution in [0.25, 0.3) is 0 Å². The molecule has 0 saturated carbocycles. The fourth-order valence-electron chi connectivity index (χ4n) is 2.28. The Morgan fingerprint density at radius 1 is 1.24 bits per heavy atom. The van der Waals surface area contributed by atoms with Gasteiger partial charge in [0.25, 0.3) is 0 Å². The second kappa shape index (κ2) is 9.08. The average molecular weight is 362 g/mol. The fourth-order valence-corrected chi connectivity index (χ4v) is 3.06. The predicted molar refractivity (Wildman–Crippen MR) is 96.8 cm³/mol. The molecule has 0 fully saturated rings. The van der Waals surface area contributed by atoms with E-state index in [-0.39, 0.29) is 19.6 Å². The highest BCUT2D eigenvalue weighted by atomic mass is 32.1. The average Bonchev–Trinajstić information content (AvgIpc) is 3.08. The van der Waals surface area contributed by atoms with Crippen molar-refractivity contribution in [3.05, 3.63) is 51.7 Å². The number of benzene rings is 1. The number of carbonyl (C=O) groups excluding carboxylic acids is 2. The Morgan fingerprint density at radius 2 is 2.04 bits per heavy atom. The van der Waals surface area contributed by atoms with Crippen molar-refractivity contribution in [1.29, 1.82) is 0 Å². The Balaban J connectivity index is 1.79. The van der Waals surface area contributed by atoms with Crippen LogP contribution < -0.4 is 15.8 Å². The molecule has 0 spiro atoms. The fraction of sp³-hybridized carbons (Fsp3) is 0.333. The topological polar surface area (TPSA) is 90.7 Å². The Hall–Kier alpha value is -2.54. The van der Waals surface area contributed by atoms with Crippen molar-refractivity contribution in [2.75, 3.05) is 13.2 Å². The summed E-state index contributed by atoms with van der Waals surface area (Å²) >= 11 is 1.44. The van der Waals surface area contributed by atoms with E-state index in [2.05, 4.69) is 5.32 Å². The lowest BCUT2D eigenvalue weighted by Crippen LogP contribution is -2.34. The maximum absolute atomic E-state index is 12.0. The number of nitrogens with two attached hydrogens (primary N) is 1. The van der Waals surface area contributed by atoms with Crippen molar-refractivity contribution >= 4 is 23.3 Å². The number of aryl methyl sites for hydroxylation is 2. The maximum Gasteiger partial charge on any atom is 0.312 e. The van der Waals surface area contributed by atoms with Crippen molar-refractivity contribution in [3.63, 3.8) is 0 Å². The molecule has 0 bridgehead atoms. The third kappa shape index (κ3) is 6.11. The van der Waals surface area contributed by atoms with Gasteiger partial charge in [-0.1, -0.05) is 18.2 Å². The van der Waals surface area contributed by atoms with E-state index in [4.69, 9.17) is 15.2 Å². The van der Waals surface area contributed by atoms with E-state index in [1.54, 1.807) is 0 Å². The number of thiophene rings is 1. The van der Waals surface area contributed by atoms with Gasteiger partial charge in [-0.2, -0.15) is 0 Å². The van der Waals surface area contributed by atoms with Gasteiger partial charge >= 0.3 is 12.0 Å². The molecule has 2 aromatic rings. The van der Waals surface area contributed by atoms with Crippen LogP contribution in [0.2, 0.25) is 0 Å². The lowest BCUT2D eigenvalue weighted by atomic mass is 10.1. The Morgan fingerprint density at radius 3 is 2.72 bits per heavy atom. The lowest BCUT2D eigenvalue weighted by molar-refractivity contribution is -0.144. The van der Waals surface area contributed by atoms with Gasteiger partial charge in [0.05, 0.1) is 12.5 Å². The predicted octanol–water partition coefficient (Wildman–Crippen LogP) is 3.09. The van der Waals surface area contributed by atoms with Crippen molar-refractivity contribution in [2.45, 2.75) is 26.3 Å². The molecule has 0 aliphatic rings. The number of ether oxygens (including phenoxy) is 2. The van der Waals surface area contributed by atoms with E-state index < -0.39 is 18.0 Å². The standard InChI is InChI=1S/C18H22N2O4S/c1-12-5-6-13(2)15(10-12)23-7-8-24-17(21)11-14(20-18(19)22)16-4-3-9-25-16/h3-6,9-10,14H,7-8,11H2,1-2H3,(H3,19,20,22). The van der Waals surface area contributed by atoms with E-state index in [1.807, 2.05) is 49.6 Å². The van der Waals surface area contributed by atoms with Crippen LogP contribution in [-0.2, 0) is 9.53 Å². The maximum atomic E-state index is 12.0. The lowest BCUT2D eigenvalue weighted by Gasteiger charge is -2.15. The van der Waals surface area contributed by atoms with E-state index in [9.17, 15) is 9.59 Å².